The average Bonchev–Trinajstić information content (AvgIpc) is 2.76. The second-order valence-corrected chi connectivity index (χ2v) is 6.11. The summed E-state index contributed by atoms with van der Waals surface area (Å²) in [6.07, 6.45) is 1.60. The first kappa shape index (κ1) is 16.4. The van der Waals surface area contributed by atoms with E-state index in [1.807, 2.05) is 0 Å². The maximum atomic E-state index is 12.3. The largest absolute Gasteiger partial charge is 0.394 e. The van der Waals surface area contributed by atoms with Crippen LogP contribution in [0.3, 0.4) is 0 Å². The second kappa shape index (κ2) is 6.96. The Morgan fingerprint density at radius 1 is 1.17 bits per heavy atom. The fourth-order valence-electron chi connectivity index (χ4n) is 3.18. The number of ether oxygens (including phenoxy) is 1. The van der Waals surface area contributed by atoms with Crippen molar-refractivity contribution in [3.63, 3.8) is 0 Å². The summed E-state index contributed by atoms with van der Waals surface area (Å²) in [7, 11) is 0. The lowest BCUT2D eigenvalue weighted by Gasteiger charge is -2.22. The van der Waals surface area contributed by atoms with Crippen molar-refractivity contribution in [1.29, 1.82) is 0 Å². The van der Waals surface area contributed by atoms with Gasteiger partial charge in [0.1, 0.15) is 24.1 Å². The van der Waals surface area contributed by atoms with Crippen LogP contribution in [0.5, 0.6) is 0 Å². The topological polar surface area (TPSA) is 108 Å². The molecular weight excluding hydrogens is 302 g/mol. The average molecular weight is 325 g/mol. The van der Waals surface area contributed by atoms with Crippen molar-refractivity contribution in [3.05, 3.63) is 22.7 Å². The van der Waals surface area contributed by atoms with Crippen molar-refractivity contribution in [2.75, 3.05) is 24.6 Å². The van der Waals surface area contributed by atoms with Crippen LogP contribution < -0.4 is 10.6 Å². The molecule has 8 nitrogen and oxygen atoms in total. The number of hydrogen-bond donors (Lipinski definition) is 3. The summed E-state index contributed by atoms with van der Waals surface area (Å²) in [4.78, 5) is 18.5. The maximum Gasteiger partial charge on any atom is 0.351 e. The summed E-state index contributed by atoms with van der Waals surface area (Å²) in [5.41, 5.74) is -0.540. The second-order valence-electron chi connectivity index (χ2n) is 6.11. The third kappa shape index (κ3) is 3.25. The van der Waals surface area contributed by atoms with Crippen LogP contribution in [-0.2, 0) is 4.74 Å². The first-order valence-corrected chi connectivity index (χ1v) is 8.08. The van der Waals surface area contributed by atoms with Gasteiger partial charge in [-0.2, -0.15) is 4.98 Å². The molecule has 0 saturated carbocycles. The number of aliphatic hydroxyl groups is 3. The van der Waals surface area contributed by atoms with E-state index in [0.717, 1.165) is 30.5 Å². The lowest BCUT2D eigenvalue weighted by atomic mass is 10.1. The van der Waals surface area contributed by atoms with Crippen molar-refractivity contribution in [3.8, 4) is 0 Å². The van der Waals surface area contributed by atoms with Crippen LogP contribution in [0.2, 0.25) is 0 Å². The highest BCUT2D eigenvalue weighted by Gasteiger charge is 2.43. The van der Waals surface area contributed by atoms with Gasteiger partial charge in [-0.15, -0.1) is 0 Å². The molecule has 23 heavy (non-hydrogen) atoms. The molecule has 0 unspecified atom stereocenters. The van der Waals surface area contributed by atoms with E-state index in [4.69, 9.17) is 9.84 Å². The molecule has 2 aliphatic rings. The highest BCUT2D eigenvalue weighted by atomic mass is 16.6. The van der Waals surface area contributed by atoms with Gasteiger partial charge in [0, 0.05) is 19.3 Å². The predicted octanol–water partition coefficient (Wildman–Crippen LogP) is -0.765. The van der Waals surface area contributed by atoms with Gasteiger partial charge >= 0.3 is 5.69 Å². The van der Waals surface area contributed by atoms with Gasteiger partial charge in [-0.05, 0) is 18.9 Å². The number of rotatable bonds is 3. The van der Waals surface area contributed by atoms with Crippen molar-refractivity contribution in [1.82, 2.24) is 9.55 Å². The first-order chi connectivity index (χ1) is 11.1. The van der Waals surface area contributed by atoms with E-state index in [2.05, 4.69) is 9.88 Å². The lowest BCUT2D eigenvalue weighted by molar-refractivity contribution is -0.0549. The summed E-state index contributed by atoms with van der Waals surface area (Å²) in [6.45, 7) is 1.33. The van der Waals surface area contributed by atoms with Gasteiger partial charge in [0.05, 0.1) is 6.61 Å². The van der Waals surface area contributed by atoms with Crippen LogP contribution in [0, 0.1) is 0 Å². The normalized spacial score (nSPS) is 32.0. The van der Waals surface area contributed by atoms with Crippen LogP contribution in [0.1, 0.15) is 31.9 Å². The summed E-state index contributed by atoms with van der Waals surface area (Å²) < 4.78 is 6.52. The Kier molecular flexibility index (Phi) is 4.96. The van der Waals surface area contributed by atoms with Crippen LogP contribution >= 0.6 is 0 Å². The molecule has 0 bridgehead atoms. The van der Waals surface area contributed by atoms with E-state index in [1.54, 1.807) is 6.07 Å². The monoisotopic (exact) mass is 325 g/mol. The Balaban J connectivity index is 1.81. The van der Waals surface area contributed by atoms with Gasteiger partial charge in [0.25, 0.3) is 0 Å². The highest BCUT2D eigenvalue weighted by Crippen LogP contribution is 2.28. The zero-order valence-electron chi connectivity index (χ0n) is 12.9. The van der Waals surface area contributed by atoms with E-state index >= 15 is 0 Å². The van der Waals surface area contributed by atoms with Crippen molar-refractivity contribution in [2.24, 2.45) is 0 Å². The molecule has 1 aromatic rings. The number of nitrogens with zero attached hydrogens (tertiary/aromatic N) is 3. The van der Waals surface area contributed by atoms with Gasteiger partial charge in [-0.25, -0.2) is 4.79 Å². The van der Waals surface area contributed by atoms with Crippen LogP contribution in [-0.4, -0.2) is 62.9 Å². The Bertz CT molecular complexity index is 585. The number of aromatic nitrogens is 2. The SMILES string of the molecule is O=c1nc(N2CCCCCC2)ccn1[C@@H]1O[C@@H](CO)[C@@H](O)[C@H]1O. The standard InChI is InChI=1S/C15H23N3O5/c19-9-10-12(20)13(21)14(23-10)18-8-5-11(16-15(18)22)17-6-3-1-2-4-7-17/h5,8,10,12-14,19-21H,1-4,6-7,9H2/t10-,12+,13+,14+/m0/s1. The van der Waals surface area contributed by atoms with Gasteiger partial charge in [-0.1, -0.05) is 12.8 Å². The minimum Gasteiger partial charge on any atom is -0.394 e. The molecule has 0 aliphatic carbocycles. The molecule has 1 aromatic heterocycles. The van der Waals surface area contributed by atoms with Gasteiger partial charge in [0.15, 0.2) is 6.23 Å². The summed E-state index contributed by atoms with van der Waals surface area (Å²) in [5, 5.41) is 28.9. The zero-order chi connectivity index (χ0) is 16.4. The van der Waals surface area contributed by atoms with Crippen molar-refractivity contribution in [2.45, 2.75) is 50.2 Å². The Morgan fingerprint density at radius 2 is 1.87 bits per heavy atom. The third-order valence-corrected chi connectivity index (χ3v) is 4.54. The molecule has 3 N–H and O–H groups in total. The van der Waals surface area contributed by atoms with E-state index in [1.165, 1.54) is 19.0 Å². The molecule has 128 valence electrons. The van der Waals surface area contributed by atoms with Crippen molar-refractivity contribution >= 4 is 5.82 Å². The number of anilines is 1. The summed E-state index contributed by atoms with van der Waals surface area (Å²) >= 11 is 0. The Morgan fingerprint density at radius 3 is 2.43 bits per heavy atom. The highest BCUT2D eigenvalue weighted by molar-refractivity contribution is 5.36. The summed E-state index contributed by atoms with van der Waals surface area (Å²) in [6, 6.07) is 1.72. The zero-order valence-corrected chi connectivity index (χ0v) is 12.9. The van der Waals surface area contributed by atoms with Crippen LogP contribution in [0.4, 0.5) is 5.82 Å². The predicted molar refractivity (Wildman–Crippen MR) is 82.2 cm³/mol. The fourth-order valence-corrected chi connectivity index (χ4v) is 3.18. The molecular formula is C15H23N3O5. The van der Waals surface area contributed by atoms with E-state index in [-0.39, 0.29) is 0 Å². The Hall–Kier alpha value is -1.48. The molecule has 2 fully saturated rings. The molecule has 4 atom stereocenters. The Labute approximate surface area is 134 Å². The molecule has 0 spiro atoms. The van der Waals surface area contributed by atoms with Gasteiger partial charge < -0.3 is 25.0 Å². The van der Waals surface area contributed by atoms with E-state index in [0.29, 0.717) is 5.82 Å². The van der Waals surface area contributed by atoms with E-state index in [9.17, 15) is 15.0 Å². The quantitative estimate of drug-likeness (QED) is 0.670. The maximum absolute atomic E-state index is 12.3. The lowest BCUT2D eigenvalue weighted by Crippen LogP contribution is -2.37. The minimum atomic E-state index is -1.28. The number of aliphatic hydroxyl groups excluding tert-OH is 3. The number of hydrogen-bond acceptors (Lipinski definition) is 7. The molecule has 0 radical (unpaired) electrons. The smallest absolute Gasteiger partial charge is 0.351 e. The van der Waals surface area contributed by atoms with Crippen LogP contribution in [0.25, 0.3) is 0 Å². The van der Waals surface area contributed by atoms with E-state index < -0.39 is 36.8 Å². The molecule has 2 saturated heterocycles. The molecule has 0 amide bonds. The summed E-state index contributed by atoms with van der Waals surface area (Å²) in [5.74, 6) is 0.625. The molecule has 8 heteroatoms. The minimum absolute atomic E-state index is 0.428. The van der Waals surface area contributed by atoms with Crippen molar-refractivity contribution < 1.29 is 20.1 Å². The molecule has 3 heterocycles. The molecule has 3 rings (SSSR count). The van der Waals surface area contributed by atoms with Crippen LogP contribution in [0.15, 0.2) is 17.1 Å². The fraction of sp³-hybridized carbons (Fsp3) is 0.733. The third-order valence-electron chi connectivity index (χ3n) is 4.54. The van der Waals surface area contributed by atoms with Gasteiger partial charge in [-0.3, -0.25) is 4.57 Å². The van der Waals surface area contributed by atoms with Gasteiger partial charge in [0.2, 0.25) is 0 Å². The molecule has 2 aliphatic heterocycles. The first-order valence-electron chi connectivity index (χ1n) is 8.08. The molecule has 0 aromatic carbocycles.